The van der Waals surface area contributed by atoms with Crippen molar-refractivity contribution in [2.45, 2.75) is 82.0 Å². The molecule has 37 heavy (non-hydrogen) atoms. The van der Waals surface area contributed by atoms with Crippen LogP contribution in [0, 0.1) is 17.0 Å². The summed E-state index contributed by atoms with van der Waals surface area (Å²) in [5.41, 5.74) is -2.25. The van der Waals surface area contributed by atoms with E-state index in [1.54, 1.807) is 19.1 Å². The highest BCUT2D eigenvalue weighted by molar-refractivity contribution is 6.30. The number of carbonyl (C=O) groups excluding carboxylic acids is 2. The molecular formula is C28H31ClF2N2O4. The Morgan fingerprint density at radius 2 is 1.95 bits per heavy atom. The van der Waals surface area contributed by atoms with Crippen LogP contribution in [0.15, 0.2) is 36.4 Å². The van der Waals surface area contributed by atoms with Crippen LogP contribution in [0.2, 0.25) is 5.02 Å². The predicted octanol–water partition coefficient (Wildman–Crippen LogP) is 4.37. The molecule has 2 fully saturated rings. The second-order valence-corrected chi connectivity index (χ2v) is 12.5. The van der Waals surface area contributed by atoms with Crippen molar-refractivity contribution in [3.63, 3.8) is 0 Å². The van der Waals surface area contributed by atoms with Gasteiger partial charge in [-0.05, 0) is 55.4 Å². The molecule has 9 heteroatoms. The highest BCUT2D eigenvalue weighted by Gasteiger charge is 2.68. The summed E-state index contributed by atoms with van der Waals surface area (Å²) in [4.78, 5) is 27.6. The quantitative estimate of drug-likeness (QED) is 0.402. The minimum absolute atomic E-state index is 0.0792. The van der Waals surface area contributed by atoms with Gasteiger partial charge in [-0.3, -0.25) is 9.59 Å². The molecule has 1 amide bonds. The Bertz CT molecular complexity index is 1270. The number of carbonyl (C=O) groups is 2. The van der Waals surface area contributed by atoms with Gasteiger partial charge in [0.25, 0.3) is 0 Å². The van der Waals surface area contributed by atoms with Gasteiger partial charge in [0.05, 0.1) is 11.6 Å². The van der Waals surface area contributed by atoms with Crippen LogP contribution < -0.4 is 15.4 Å². The highest BCUT2D eigenvalue weighted by Crippen LogP contribution is 2.57. The summed E-state index contributed by atoms with van der Waals surface area (Å²) in [5.74, 6) is -4.11. The molecule has 0 unspecified atom stereocenters. The van der Waals surface area contributed by atoms with Crippen molar-refractivity contribution in [3.8, 4) is 5.75 Å². The number of esters is 1. The number of benzene rings is 2. The molecular weight excluding hydrogens is 502 g/mol. The van der Waals surface area contributed by atoms with Gasteiger partial charge in [0, 0.05) is 28.6 Å². The van der Waals surface area contributed by atoms with Crippen molar-refractivity contribution in [3.05, 3.63) is 64.2 Å². The molecule has 3 N–H and O–H groups in total. The van der Waals surface area contributed by atoms with E-state index < -0.39 is 52.5 Å². The van der Waals surface area contributed by atoms with Gasteiger partial charge in [-0.25, -0.2) is 8.78 Å². The van der Waals surface area contributed by atoms with Gasteiger partial charge in [0.15, 0.2) is 11.6 Å². The molecule has 1 saturated heterocycles. The van der Waals surface area contributed by atoms with Crippen LogP contribution >= 0.6 is 11.6 Å². The fourth-order valence-corrected chi connectivity index (χ4v) is 6.57. The lowest BCUT2D eigenvalue weighted by Crippen LogP contribution is -2.57. The number of halogens is 3. The molecule has 4 atom stereocenters. The lowest BCUT2D eigenvalue weighted by Gasteiger charge is -2.42. The van der Waals surface area contributed by atoms with E-state index in [0.29, 0.717) is 29.8 Å². The fourth-order valence-electron chi connectivity index (χ4n) is 6.40. The molecule has 6 nitrogen and oxygen atoms in total. The third-order valence-electron chi connectivity index (χ3n) is 7.82. The van der Waals surface area contributed by atoms with E-state index in [9.17, 15) is 19.1 Å². The van der Waals surface area contributed by atoms with Gasteiger partial charge < -0.3 is 20.5 Å². The van der Waals surface area contributed by atoms with E-state index in [-0.39, 0.29) is 22.8 Å². The normalized spacial score (nSPS) is 32.7. The number of amides is 1. The van der Waals surface area contributed by atoms with Crippen LogP contribution in [0.3, 0.4) is 0 Å². The minimum Gasteiger partial charge on any atom is -0.425 e. The van der Waals surface area contributed by atoms with Gasteiger partial charge in [0.1, 0.15) is 11.2 Å². The zero-order chi connectivity index (χ0) is 26.9. The van der Waals surface area contributed by atoms with Gasteiger partial charge in [-0.2, -0.15) is 0 Å². The number of hydrogen-bond acceptors (Lipinski definition) is 5. The second kappa shape index (κ2) is 8.75. The van der Waals surface area contributed by atoms with Crippen molar-refractivity contribution in [1.82, 2.24) is 10.6 Å². The van der Waals surface area contributed by atoms with Crippen molar-refractivity contribution in [2.75, 3.05) is 0 Å². The Morgan fingerprint density at radius 1 is 1.24 bits per heavy atom. The minimum atomic E-state index is -1.51. The summed E-state index contributed by atoms with van der Waals surface area (Å²) in [5, 5.41) is 16.8. The molecule has 0 radical (unpaired) electrons. The number of rotatable bonds is 4. The van der Waals surface area contributed by atoms with Gasteiger partial charge in [0.2, 0.25) is 5.91 Å². The fraction of sp³-hybridized carbons (Fsp3) is 0.500. The van der Waals surface area contributed by atoms with Crippen molar-refractivity contribution < 1.29 is 28.2 Å². The Morgan fingerprint density at radius 3 is 2.59 bits per heavy atom. The number of ether oxygens (including phenoxy) is 1. The summed E-state index contributed by atoms with van der Waals surface area (Å²) in [7, 11) is 0. The maximum Gasteiger partial charge on any atom is 0.324 e. The standard InChI is InChI=1S/C28H31ClF2N2O4/c1-26(2,3)13-20-28(17-9-8-14(29)10-19(17)37-25(28)35)21(16-6-5-7-18(30)22(16)31)23(33-20)24(34)32-15-11-27(4,36)12-15/h5-10,15,20-21,23,33,36H,11-13H2,1-4H3,(H,32,34)/t15-,20-,21+,23-,27+,28+/m1/s1. The van der Waals surface area contributed by atoms with Crippen molar-refractivity contribution >= 4 is 23.5 Å². The first-order chi connectivity index (χ1) is 17.2. The van der Waals surface area contributed by atoms with Crippen LogP contribution in [0.25, 0.3) is 0 Å². The average Bonchev–Trinajstić information content (AvgIpc) is 3.23. The molecule has 1 saturated carbocycles. The van der Waals surface area contributed by atoms with E-state index in [0.717, 1.165) is 6.07 Å². The molecule has 1 spiro atoms. The first-order valence-electron chi connectivity index (χ1n) is 12.5. The molecule has 1 aliphatic carbocycles. The lowest BCUT2D eigenvalue weighted by atomic mass is 9.62. The molecule has 2 aromatic carbocycles. The summed E-state index contributed by atoms with van der Waals surface area (Å²) in [6.45, 7) is 7.71. The first-order valence-corrected chi connectivity index (χ1v) is 12.9. The van der Waals surface area contributed by atoms with Crippen molar-refractivity contribution in [1.29, 1.82) is 0 Å². The molecule has 0 aromatic heterocycles. The Kier molecular flexibility index (Phi) is 6.17. The number of aliphatic hydroxyl groups is 1. The van der Waals surface area contributed by atoms with E-state index in [4.69, 9.17) is 16.3 Å². The average molecular weight is 533 g/mol. The molecule has 2 heterocycles. The molecule has 2 aliphatic heterocycles. The SMILES string of the molecule is CC(C)(C)C[C@H]1N[C@@H](C(=O)N[C@H]2C[C@@](C)(O)C2)[C@H](c2cccc(F)c2F)[C@@]12C(=O)Oc1cc(Cl)ccc12. The molecule has 0 bridgehead atoms. The van der Waals surface area contributed by atoms with Gasteiger partial charge in [-0.15, -0.1) is 0 Å². The Hall–Kier alpha value is -2.55. The Labute approximate surface area is 219 Å². The van der Waals surface area contributed by atoms with E-state index in [2.05, 4.69) is 10.6 Å². The van der Waals surface area contributed by atoms with E-state index in [1.807, 2.05) is 20.8 Å². The monoisotopic (exact) mass is 532 g/mol. The van der Waals surface area contributed by atoms with E-state index in [1.165, 1.54) is 18.2 Å². The van der Waals surface area contributed by atoms with Crippen LogP contribution in [-0.4, -0.2) is 40.7 Å². The topological polar surface area (TPSA) is 87.7 Å². The third kappa shape index (κ3) is 4.33. The second-order valence-electron chi connectivity index (χ2n) is 12.1. The maximum atomic E-state index is 15.5. The molecule has 198 valence electrons. The largest absolute Gasteiger partial charge is 0.425 e. The lowest BCUT2D eigenvalue weighted by molar-refractivity contribution is -0.139. The van der Waals surface area contributed by atoms with Crippen molar-refractivity contribution in [2.24, 2.45) is 5.41 Å². The summed E-state index contributed by atoms with van der Waals surface area (Å²) in [6, 6.07) is 6.67. The predicted molar refractivity (Wildman–Crippen MR) is 134 cm³/mol. The van der Waals surface area contributed by atoms with Gasteiger partial charge in [-0.1, -0.05) is 50.6 Å². The van der Waals surface area contributed by atoms with Gasteiger partial charge >= 0.3 is 5.97 Å². The maximum absolute atomic E-state index is 15.5. The van der Waals surface area contributed by atoms with Crippen LogP contribution in [-0.2, 0) is 15.0 Å². The summed E-state index contributed by atoms with van der Waals surface area (Å²) in [6.07, 6.45) is 1.20. The highest BCUT2D eigenvalue weighted by atomic mass is 35.5. The van der Waals surface area contributed by atoms with Crippen LogP contribution in [0.5, 0.6) is 5.75 Å². The zero-order valence-corrected chi connectivity index (χ0v) is 22.0. The Balaban J connectivity index is 1.69. The number of nitrogens with one attached hydrogen (secondary N) is 2. The number of fused-ring (bicyclic) bond motifs is 2. The molecule has 2 aromatic rings. The smallest absolute Gasteiger partial charge is 0.324 e. The summed E-state index contributed by atoms with van der Waals surface area (Å²) >= 11 is 6.19. The van der Waals surface area contributed by atoms with Crippen LogP contribution in [0.4, 0.5) is 8.78 Å². The number of hydrogen-bond donors (Lipinski definition) is 3. The molecule has 5 rings (SSSR count). The summed E-state index contributed by atoms with van der Waals surface area (Å²) < 4.78 is 35.7. The third-order valence-corrected chi connectivity index (χ3v) is 8.05. The van der Waals surface area contributed by atoms with E-state index >= 15 is 4.39 Å². The molecule has 3 aliphatic rings. The van der Waals surface area contributed by atoms with Crippen LogP contribution in [0.1, 0.15) is 64.0 Å². The zero-order valence-electron chi connectivity index (χ0n) is 21.2. The first kappa shape index (κ1) is 26.1.